The van der Waals surface area contributed by atoms with Crippen molar-refractivity contribution in [2.24, 2.45) is 0 Å². The predicted octanol–water partition coefficient (Wildman–Crippen LogP) is 3.67. The topological polar surface area (TPSA) is 55.4 Å². The minimum absolute atomic E-state index is 0.113. The van der Waals surface area contributed by atoms with Gasteiger partial charge >= 0.3 is 17.6 Å². The molecule has 0 aliphatic carbocycles. The predicted molar refractivity (Wildman–Crippen MR) is 108 cm³/mol. The van der Waals surface area contributed by atoms with Crippen molar-refractivity contribution in [3.63, 3.8) is 0 Å². The van der Waals surface area contributed by atoms with Crippen LogP contribution in [0, 0.1) is 0 Å². The van der Waals surface area contributed by atoms with Gasteiger partial charge in [0, 0.05) is 42.7 Å². The highest BCUT2D eigenvalue weighted by Gasteiger charge is 2.54. The van der Waals surface area contributed by atoms with Crippen LogP contribution >= 0.6 is 11.8 Å². The van der Waals surface area contributed by atoms with Crippen molar-refractivity contribution < 1.29 is 26.6 Å². The first-order valence-electron chi connectivity index (χ1n) is 8.95. The van der Waals surface area contributed by atoms with Gasteiger partial charge in [-0.25, -0.2) is 0 Å². The zero-order valence-corrected chi connectivity index (χ0v) is 20.1. The number of hydrogen-bond acceptors (Lipinski definition) is 7. The summed E-state index contributed by atoms with van der Waals surface area (Å²) in [6.07, 6.45) is 6.33. The van der Waals surface area contributed by atoms with Crippen LogP contribution in [0.25, 0.3) is 0 Å². The normalized spacial score (nSPS) is 15.4. The van der Waals surface area contributed by atoms with E-state index in [4.69, 9.17) is 26.6 Å². The van der Waals surface area contributed by atoms with Crippen molar-refractivity contribution in [2.45, 2.75) is 62.1 Å². The highest BCUT2D eigenvalue weighted by molar-refractivity contribution is 8.03. The summed E-state index contributed by atoms with van der Waals surface area (Å²) in [5.74, 6) is 0. The molecule has 6 nitrogen and oxygen atoms in total. The summed E-state index contributed by atoms with van der Waals surface area (Å²) in [6.45, 7) is 4.37. The number of unbranched alkanes of at least 4 members (excludes halogenated alkanes) is 2. The molecule has 0 radical (unpaired) electrons. The highest BCUT2D eigenvalue weighted by atomic mass is 32.2. The van der Waals surface area contributed by atoms with E-state index in [0.29, 0.717) is 0 Å². The fraction of sp³-hybridized carbons (Fsp3) is 1.00. The Labute approximate surface area is 161 Å². The molecule has 2 unspecified atom stereocenters. The molecule has 0 heterocycles. The van der Waals surface area contributed by atoms with E-state index in [1.807, 2.05) is 0 Å². The monoisotopic (exact) mass is 414 g/mol. The molecule has 0 aromatic rings. The van der Waals surface area contributed by atoms with Gasteiger partial charge in [-0.2, -0.15) is 0 Å². The second-order valence-electron chi connectivity index (χ2n) is 5.83. The molecular formula is C16H38O6SSi2. The lowest BCUT2D eigenvalue weighted by molar-refractivity contribution is 0.118. The maximum atomic E-state index is 5.78. The summed E-state index contributed by atoms with van der Waals surface area (Å²) in [4.78, 5) is 0.225. The Kier molecular flexibility index (Phi) is 14.0. The first-order chi connectivity index (χ1) is 12.0. The van der Waals surface area contributed by atoms with E-state index < -0.39 is 17.6 Å². The van der Waals surface area contributed by atoms with Crippen LogP contribution in [0.15, 0.2) is 0 Å². The van der Waals surface area contributed by atoms with E-state index in [1.54, 1.807) is 54.4 Å². The van der Waals surface area contributed by atoms with E-state index in [-0.39, 0.29) is 9.75 Å². The zero-order chi connectivity index (χ0) is 19.3. The minimum Gasteiger partial charge on any atom is -0.376 e. The van der Waals surface area contributed by atoms with E-state index in [2.05, 4.69) is 13.8 Å². The Hall–Kier alpha value is 0.544. The number of thioether (sulfide) groups is 1. The van der Waals surface area contributed by atoms with Crippen LogP contribution in [-0.2, 0) is 26.6 Å². The molecule has 0 aliphatic rings. The van der Waals surface area contributed by atoms with E-state index >= 15 is 0 Å². The van der Waals surface area contributed by atoms with Crippen LogP contribution in [0.5, 0.6) is 0 Å². The van der Waals surface area contributed by atoms with Crippen LogP contribution in [0.1, 0.15) is 52.4 Å². The molecular weight excluding hydrogens is 376 g/mol. The molecule has 0 aromatic carbocycles. The fourth-order valence-corrected chi connectivity index (χ4v) is 12.1. The Morgan fingerprint density at radius 2 is 0.880 bits per heavy atom. The van der Waals surface area contributed by atoms with Crippen molar-refractivity contribution in [3.8, 4) is 0 Å². The number of hydrogen-bond donors (Lipinski definition) is 0. The summed E-state index contributed by atoms with van der Waals surface area (Å²) in [5.41, 5.74) is 0. The quantitative estimate of drug-likeness (QED) is 0.357. The van der Waals surface area contributed by atoms with Gasteiger partial charge in [0.2, 0.25) is 0 Å². The first kappa shape index (κ1) is 25.5. The summed E-state index contributed by atoms with van der Waals surface area (Å²) < 4.78 is 34.7. The van der Waals surface area contributed by atoms with Gasteiger partial charge in [-0.15, -0.1) is 11.8 Å². The average Bonchev–Trinajstić information content (AvgIpc) is 2.66. The minimum atomic E-state index is -2.78. The van der Waals surface area contributed by atoms with Gasteiger partial charge in [0.15, 0.2) is 0 Å². The van der Waals surface area contributed by atoms with Crippen LogP contribution in [-0.4, -0.2) is 70.0 Å². The Balaban J connectivity index is 5.63. The van der Waals surface area contributed by atoms with Gasteiger partial charge in [0.25, 0.3) is 0 Å². The van der Waals surface area contributed by atoms with Gasteiger partial charge in [-0.1, -0.05) is 39.5 Å². The molecule has 152 valence electrons. The Bertz CT molecular complexity index is 283. The Morgan fingerprint density at radius 3 is 1.08 bits per heavy atom. The molecule has 25 heavy (non-hydrogen) atoms. The van der Waals surface area contributed by atoms with E-state index in [0.717, 1.165) is 38.5 Å². The molecule has 0 saturated heterocycles. The van der Waals surface area contributed by atoms with Gasteiger partial charge < -0.3 is 26.6 Å². The maximum Gasteiger partial charge on any atom is 0.513 e. The fourth-order valence-electron chi connectivity index (χ4n) is 2.92. The van der Waals surface area contributed by atoms with Crippen molar-refractivity contribution in [2.75, 3.05) is 42.7 Å². The lowest BCUT2D eigenvalue weighted by atomic mass is 10.3. The van der Waals surface area contributed by atoms with Gasteiger partial charge in [0.1, 0.15) is 0 Å². The summed E-state index contributed by atoms with van der Waals surface area (Å²) >= 11 is 1.80. The molecule has 0 amide bonds. The third kappa shape index (κ3) is 6.89. The molecule has 0 fully saturated rings. The third-order valence-corrected chi connectivity index (χ3v) is 13.7. The van der Waals surface area contributed by atoms with Gasteiger partial charge in [-0.05, 0) is 12.8 Å². The number of rotatable bonds is 16. The molecule has 2 atom stereocenters. The standard InChI is InChI=1S/C16H38O6SSi2/c1-9-11-13-15(24(17-3,18-4)19-5)23-16(14-12-10-2)25(20-6,21-7)22-8/h15-16H,9-14H2,1-8H3. The van der Waals surface area contributed by atoms with Crippen LogP contribution in [0.2, 0.25) is 0 Å². The molecule has 0 N–H and O–H groups in total. The molecule has 0 saturated carbocycles. The lowest BCUT2D eigenvalue weighted by Crippen LogP contribution is -2.58. The van der Waals surface area contributed by atoms with Crippen LogP contribution in [0.3, 0.4) is 0 Å². The first-order valence-corrected chi connectivity index (χ1v) is 13.5. The molecule has 0 bridgehead atoms. The van der Waals surface area contributed by atoms with E-state index in [9.17, 15) is 0 Å². The zero-order valence-electron chi connectivity index (χ0n) is 17.3. The summed E-state index contributed by atoms with van der Waals surface area (Å²) in [7, 11) is 4.47. The molecule has 0 rings (SSSR count). The second kappa shape index (κ2) is 13.7. The maximum absolute atomic E-state index is 5.78. The molecule has 0 spiro atoms. The van der Waals surface area contributed by atoms with Gasteiger partial charge in [0.05, 0.1) is 9.75 Å². The van der Waals surface area contributed by atoms with E-state index in [1.165, 1.54) is 0 Å². The third-order valence-electron chi connectivity index (χ3n) is 4.46. The van der Waals surface area contributed by atoms with Crippen LogP contribution < -0.4 is 0 Å². The molecule has 0 aliphatic heterocycles. The SMILES string of the molecule is CCCCC(SC(CCCC)[Si](OC)(OC)OC)[Si](OC)(OC)OC. The molecule has 9 heteroatoms. The Morgan fingerprint density at radius 1 is 0.600 bits per heavy atom. The average molecular weight is 415 g/mol. The van der Waals surface area contributed by atoms with Crippen molar-refractivity contribution in [1.29, 1.82) is 0 Å². The summed E-state index contributed by atoms with van der Waals surface area (Å²) in [5, 5.41) is 0. The largest absolute Gasteiger partial charge is 0.513 e. The molecule has 0 aromatic heterocycles. The lowest BCUT2D eigenvalue weighted by Gasteiger charge is -2.38. The highest BCUT2D eigenvalue weighted by Crippen LogP contribution is 2.38. The smallest absolute Gasteiger partial charge is 0.376 e. The van der Waals surface area contributed by atoms with Crippen molar-refractivity contribution >= 4 is 29.4 Å². The second-order valence-corrected chi connectivity index (χ2v) is 14.3. The summed E-state index contributed by atoms with van der Waals surface area (Å²) in [6, 6.07) is 0. The van der Waals surface area contributed by atoms with Crippen LogP contribution in [0.4, 0.5) is 0 Å². The van der Waals surface area contributed by atoms with Crippen molar-refractivity contribution in [1.82, 2.24) is 0 Å². The van der Waals surface area contributed by atoms with Gasteiger partial charge in [-0.3, -0.25) is 0 Å². The van der Waals surface area contributed by atoms with Crippen molar-refractivity contribution in [3.05, 3.63) is 0 Å².